The maximum Gasteiger partial charge on any atom is 0.222 e. The molecule has 0 atom stereocenters. The molecule has 1 aliphatic rings. The summed E-state index contributed by atoms with van der Waals surface area (Å²) in [5.74, 6) is 2.10. The predicted octanol–water partition coefficient (Wildman–Crippen LogP) is 2.41. The Morgan fingerprint density at radius 2 is 2.10 bits per heavy atom. The molecule has 0 spiro atoms. The average molecular weight is 284 g/mol. The number of methoxy groups -OCH3 is 1. The summed E-state index contributed by atoms with van der Waals surface area (Å²) < 4.78 is 5.43. The summed E-state index contributed by atoms with van der Waals surface area (Å²) in [5.41, 5.74) is 9.16. The SMILES string of the molecule is COc1ccccc1Cc1nc(N)nc2c1CCCCN2. The number of nitrogens with two attached hydrogens (primary N) is 1. The second-order valence-corrected chi connectivity index (χ2v) is 5.23. The second kappa shape index (κ2) is 5.99. The zero-order valence-electron chi connectivity index (χ0n) is 12.2. The molecule has 2 aromatic rings. The molecule has 0 bridgehead atoms. The standard InChI is InChI=1S/C16H20N4O/c1-21-14-8-3-2-6-11(14)10-13-12-7-4-5-9-18-15(12)20-16(17)19-13/h2-3,6,8H,4-5,7,9-10H2,1H3,(H3,17,18,19,20). The molecule has 5 heteroatoms. The molecule has 0 saturated heterocycles. The van der Waals surface area contributed by atoms with E-state index >= 15 is 0 Å². The van der Waals surface area contributed by atoms with Gasteiger partial charge in [0, 0.05) is 24.1 Å². The zero-order chi connectivity index (χ0) is 14.7. The summed E-state index contributed by atoms with van der Waals surface area (Å²) in [6, 6.07) is 8.02. The third-order valence-electron chi connectivity index (χ3n) is 3.81. The molecule has 0 aliphatic carbocycles. The van der Waals surface area contributed by atoms with Crippen molar-refractivity contribution in [3.8, 4) is 5.75 Å². The van der Waals surface area contributed by atoms with Gasteiger partial charge in [-0.3, -0.25) is 0 Å². The number of hydrogen-bond donors (Lipinski definition) is 2. The molecule has 0 radical (unpaired) electrons. The lowest BCUT2D eigenvalue weighted by atomic mass is 10.0. The van der Waals surface area contributed by atoms with Gasteiger partial charge in [-0.15, -0.1) is 0 Å². The van der Waals surface area contributed by atoms with Gasteiger partial charge in [0.2, 0.25) is 5.95 Å². The van der Waals surface area contributed by atoms with Crippen LogP contribution in [-0.2, 0) is 12.8 Å². The minimum Gasteiger partial charge on any atom is -0.496 e. The number of benzene rings is 1. The summed E-state index contributed by atoms with van der Waals surface area (Å²) in [7, 11) is 1.69. The van der Waals surface area contributed by atoms with E-state index in [9.17, 15) is 0 Å². The Morgan fingerprint density at radius 3 is 2.95 bits per heavy atom. The van der Waals surface area contributed by atoms with Gasteiger partial charge < -0.3 is 15.8 Å². The number of rotatable bonds is 3. The van der Waals surface area contributed by atoms with Crippen molar-refractivity contribution in [2.45, 2.75) is 25.7 Å². The van der Waals surface area contributed by atoms with Crippen LogP contribution in [0, 0.1) is 0 Å². The molecule has 0 unspecified atom stereocenters. The summed E-state index contributed by atoms with van der Waals surface area (Å²) in [4.78, 5) is 8.81. The molecule has 2 heterocycles. The van der Waals surface area contributed by atoms with Crippen molar-refractivity contribution in [2.24, 2.45) is 0 Å². The maximum absolute atomic E-state index is 5.86. The molecule has 3 rings (SSSR count). The van der Waals surface area contributed by atoms with Crippen LogP contribution in [0.4, 0.5) is 11.8 Å². The van der Waals surface area contributed by atoms with E-state index in [0.717, 1.165) is 48.6 Å². The van der Waals surface area contributed by atoms with Crippen LogP contribution in [0.5, 0.6) is 5.75 Å². The first-order valence-corrected chi connectivity index (χ1v) is 7.29. The Bertz CT molecular complexity index is 642. The van der Waals surface area contributed by atoms with E-state index < -0.39 is 0 Å². The first-order valence-electron chi connectivity index (χ1n) is 7.29. The Hall–Kier alpha value is -2.30. The molecular formula is C16H20N4O. The van der Waals surface area contributed by atoms with Crippen LogP contribution in [0.25, 0.3) is 0 Å². The normalized spacial score (nSPS) is 14.0. The number of fused-ring (bicyclic) bond motifs is 1. The van der Waals surface area contributed by atoms with Gasteiger partial charge in [0.05, 0.1) is 12.8 Å². The van der Waals surface area contributed by atoms with Crippen LogP contribution in [0.2, 0.25) is 0 Å². The summed E-state index contributed by atoms with van der Waals surface area (Å²) in [6.45, 7) is 0.942. The molecule has 3 N–H and O–H groups in total. The van der Waals surface area contributed by atoms with Gasteiger partial charge in [-0.1, -0.05) is 18.2 Å². The molecule has 1 aromatic heterocycles. The zero-order valence-corrected chi connectivity index (χ0v) is 12.2. The van der Waals surface area contributed by atoms with Crippen LogP contribution in [0.15, 0.2) is 24.3 Å². The molecular weight excluding hydrogens is 264 g/mol. The van der Waals surface area contributed by atoms with Crippen molar-refractivity contribution in [1.82, 2.24) is 9.97 Å². The van der Waals surface area contributed by atoms with E-state index in [1.807, 2.05) is 18.2 Å². The highest BCUT2D eigenvalue weighted by atomic mass is 16.5. The molecule has 0 amide bonds. The molecule has 5 nitrogen and oxygen atoms in total. The van der Waals surface area contributed by atoms with E-state index in [1.54, 1.807) is 7.11 Å². The number of para-hydroxylation sites is 1. The minimum absolute atomic E-state index is 0.327. The highest BCUT2D eigenvalue weighted by Gasteiger charge is 2.17. The quantitative estimate of drug-likeness (QED) is 0.905. The van der Waals surface area contributed by atoms with Crippen molar-refractivity contribution < 1.29 is 4.74 Å². The maximum atomic E-state index is 5.86. The van der Waals surface area contributed by atoms with E-state index in [2.05, 4.69) is 21.4 Å². The monoisotopic (exact) mass is 284 g/mol. The fourth-order valence-electron chi connectivity index (χ4n) is 2.77. The predicted molar refractivity (Wildman–Crippen MR) is 83.7 cm³/mol. The second-order valence-electron chi connectivity index (χ2n) is 5.23. The summed E-state index contributed by atoms with van der Waals surface area (Å²) in [5, 5.41) is 3.36. The first-order chi connectivity index (χ1) is 10.3. The van der Waals surface area contributed by atoms with Crippen LogP contribution < -0.4 is 15.8 Å². The fourth-order valence-corrected chi connectivity index (χ4v) is 2.77. The van der Waals surface area contributed by atoms with E-state index in [1.165, 1.54) is 5.56 Å². The topological polar surface area (TPSA) is 73.1 Å². The number of nitrogens with one attached hydrogen (secondary N) is 1. The molecule has 1 aliphatic heterocycles. The van der Waals surface area contributed by atoms with Crippen molar-refractivity contribution >= 4 is 11.8 Å². The minimum atomic E-state index is 0.327. The van der Waals surface area contributed by atoms with Crippen LogP contribution in [0.3, 0.4) is 0 Å². The Balaban J connectivity index is 2.00. The van der Waals surface area contributed by atoms with Crippen LogP contribution in [0.1, 0.15) is 29.7 Å². The number of anilines is 2. The first kappa shape index (κ1) is 13.7. The Labute approximate surface area is 124 Å². The molecule has 0 fully saturated rings. The van der Waals surface area contributed by atoms with Crippen molar-refractivity contribution in [2.75, 3.05) is 24.7 Å². The molecule has 0 saturated carbocycles. The number of nitrogen functional groups attached to an aromatic ring is 1. The van der Waals surface area contributed by atoms with Crippen molar-refractivity contribution in [3.05, 3.63) is 41.1 Å². The highest BCUT2D eigenvalue weighted by Crippen LogP contribution is 2.27. The fraction of sp³-hybridized carbons (Fsp3) is 0.375. The number of aromatic nitrogens is 2. The van der Waals surface area contributed by atoms with Gasteiger partial charge in [-0.25, -0.2) is 4.98 Å². The van der Waals surface area contributed by atoms with Gasteiger partial charge in [0.1, 0.15) is 11.6 Å². The number of ether oxygens (including phenoxy) is 1. The van der Waals surface area contributed by atoms with Gasteiger partial charge in [0.25, 0.3) is 0 Å². The smallest absolute Gasteiger partial charge is 0.222 e. The summed E-state index contributed by atoms with van der Waals surface area (Å²) >= 11 is 0. The Kier molecular flexibility index (Phi) is 3.90. The highest BCUT2D eigenvalue weighted by molar-refractivity contribution is 5.52. The lowest BCUT2D eigenvalue weighted by Gasteiger charge is -2.14. The lowest BCUT2D eigenvalue weighted by Crippen LogP contribution is -2.10. The number of nitrogens with zero attached hydrogens (tertiary/aromatic N) is 2. The van der Waals surface area contributed by atoms with E-state index in [0.29, 0.717) is 12.4 Å². The largest absolute Gasteiger partial charge is 0.496 e. The van der Waals surface area contributed by atoms with Gasteiger partial charge in [-0.2, -0.15) is 4.98 Å². The van der Waals surface area contributed by atoms with Gasteiger partial charge in [-0.05, 0) is 25.3 Å². The van der Waals surface area contributed by atoms with Crippen molar-refractivity contribution in [1.29, 1.82) is 0 Å². The molecule has 21 heavy (non-hydrogen) atoms. The summed E-state index contributed by atoms with van der Waals surface area (Å²) in [6.07, 6.45) is 3.99. The van der Waals surface area contributed by atoms with Crippen LogP contribution in [-0.4, -0.2) is 23.6 Å². The van der Waals surface area contributed by atoms with E-state index in [-0.39, 0.29) is 0 Å². The molecule has 1 aromatic carbocycles. The third kappa shape index (κ3) is 2.91. The van der Waals surface area contributed by atoms with Crippen LogP contribution >= 0.6 is 0 Å². The van der Waals surface area contributed by atoms with Gasteiger partial charge >= 0.3 is 0 Å². The Morgan fingerprint density at radius 1 is 1.24 bits per heavy atom. The van der Waals surface area contributed by atoms with Gasteiger partial charge in [0.15, 0.2) is 0 Å². The third-order valence-corrected chi connectivity index (χ3v) is 3.81. The van der Waals surface area contributed by atoms with Crippen molar-refractivity contribution in [3.63, 3.8) is 0 Å². The molecule has 110 valence electrons. The van der Waals surface area contributed by atoms with E-state index in [4.69, 9.17) is 10.5 Å². The number of hydrogen-bond acceptors (Lipinski definition) is 5. The average Bonchev–Trinajstić information content (AvgIpc) is 2.73. The lowest BCUT2D eigenvalue weighted by molar-refractivity contribution is 0.410.